The van der Waals surface area contributed by atoms with Gasteiger partial charge in [-0.05, 0) is 25.2 Å². The topological polar surface area (TPSA) is 57.9 Å². The van der Waals surface area contributed by atoms with E-state index >= 15 is 0 Å². The molecule has 0 saturated heterocycles. The number of aromatic nitrogens is 1. The van der Waals surface area contributed by atoms with Crippen LogP contribution in [0.5, 0.6) is 11.5 Å². The average Bonchev–Trinajstić information content (AvgIpc) is 2.42. The monoisotopic (exact) mass is 239 g/mol. The van der Waals surface area contributed by atoms with E-state index in [1.54, 1.807) is 18.3 Å². The van der Waals surface area contributed by atoms with Crippen LogP contribution in [0.2, 0.25) is 0 Å². The summed E-state index contributed by atoms with van der Waals surface area (Å²) in [5, 5.41) is 11.8. The summed E-state index contributed by atoms with van der Waals surface area (Å²) in [4.78, 5) is 3.97. The Balaban J connectivity index is 2.20. The fourth-order valence-corrected chi connectivity index (χ4v) is 1.57. The van der Waals surface area contributed by atoms with Crippen molar-refractivity contribution in [3.8, 4) is 17.6 Å². The molecule has 4 nitrogen and oxygen atoms in total. The third-order valence-corrected chi connectivity index (χ3v) is 2.42. The van der Waals surface area contributed by atoms with Gasteiger partial charge in [-0.1, -0.05) is 18.2 Å². The molecule has 0 saturated carbocycles. The highest BCUT2D eigenvalue weighted by Gasteiger charge is 2.03. The standard InChI is InChI=1S/C14H13N3O/c1-16-9-11-4-2-3-5-14(11)18-13-7-6-12(8-15)17-10-13/h2-7,10,16H,9H2,1H3. The minimum absolute atomic E-state index is 0.380. The summed E-state index contributed by atoms with van der Waals surface area (Å²) in [6, 6.07) is 13.1. The van der Waals surface area contributed by atoms with Gasteiger partial charge in [0.25, 0.3) is 0 Å². The van der Waals surface area contributed by atoms with Gasteiger partial charge in [0.15, 0.2) is 0 Å². The first-order valence-corrected chi connectivity index (χ1v) is 5.60. The molecule has 18 heavy (non-hydrogen) atoms. The van der Waals surface area contributed by atoms with Gasteiger partial charge in [-0.15, -0.1) is 0 Å². The summed E-state index contributed by atoms with van der Waals surface area (Å²) in [5.41, 5.74) is 1.45. The highest BCUT2D eigenvalue weighted by molar-refractivity contribution is 5.37. The summed E-state index contributed by atoms with van der Waals surface area (Å²) < 4.78 is 5.75. The zero-order chi connectivity index (χ0) is 12.8. The number of nitrogens with zero attached hydrogens (tertiary/aromatic N) is 2. The Morgan fingerprint density at radius 1 is 1.28 bits per heavy atom. The van der Waals surface area contributed by atoms with E-state index in [9.17, 15) is 0 Å². The molecule has 0 unspecified atom stereocenters. The molecular weight excluding hydrogens is 226 g/mol. The number of benzene rings is 1. The van der Waals surface area contributed by atoms with Crippen molar-refractivity contribution < 1.29 is 4.74 Å². The molecule has 2 rings (SSSR count). The largest absolute Gasteiger partial charge is 0.455 e. The lowest BCUT2D eigenvalue weighted by Crippen LogP contribution is -2.06. The van der Waals surface area contributed by atoms with Gasteiger partial charge in [0, 0.05) is 12.1 Å². The average molecular weight is 239 g/mol. The molecular formula is C14H13N3O. The maximum absolute atomic E-state index is 8.67. The van der Waals surface area contributed by atoms with Crippen molar-refractivity contribution in [3.05, 3.63) is 53.9 Å². The minimum atomic E-state index is 0.380. The zero-order valence-corrected chi connectivity index (χ0v) is 10.1. The number of nitrogens with one attached hydrogen (secondary N) is 1. The number of hydrogen-bond acceptors (Lipinski definition) is 4. The molecule has 1 aromatic heterocycles. The van der Waals surface area contributed by atoms with Gasteiger partial charge in [-0.2, -0.15) is 5.26 Å². The van der Waals surface area contributed by atoms with Crippen LogP contribution in [0.4, 0.5) is 0 Å². The van der Waals surface area contributed by atoms with Crippen LogP contribution in [0.15, 0.2) is 42.6 Å². The molecule has 0 atom stereocenters. The molecule has 0 fully saturated rings. The van der Waals surface area contributed by atoms with Gasteiger partial charge in [0.05, 0.1) is 6.20 Å². The van der Waals surface area contributed by atoms with Gasteiger partial charge in [0.2, 0.25) is 0 Å². The molecule has 0 radical (unpaired) electrons. The van der Waals surface area contributed by atoms with Gasteiger partial charge >= 0.3 is 0 Å². The van der Waals surface area contributed by atoms with Crippen LogP contribution in [0, 0.1) is 11.3 Å². The van der Waals surface area contributed by atoms with E-state index in [1.165, 1.54) is 0 Å². The lowest BCUT2D eigenvalue weighted by Gasteiger charge is -2.10. The second-order valence-corrected chi connectivity index (χ2v) is 3.73. The van der Waals surface area contributed by atoms with Crippen molar-refractivity contribution in [1.82, 2.24) is 10.3 Å². The first kappa shape index (κ1) is 12.1. The summed E-state index contributed by atoms with van der Waals surface area (Å²) in [6.45, 7) is 0.736. The van der Waals surface area contributed by atoms with Crippen LogP contribution in [-0.4, -0.2) is 12.0 Å². The maximum atomic E-state index is 8.67. The quantitative estimate of drug-likeness (QED) is 0.890. The molecule has 0 spiro atoms. The SMILES string of the molecule is CNCc1ccccc1Oc1ccc(C#N)nc1. The summed E-state index contributed by atoms with van der Waals surface area (Å²) in [6.07, 6.45) is 1.55. The Bertz CT molecular complexity index is 558. The first-order chi connectivity index (χ1) is 8.83. The van der Waals surface area contributed by atoms with Gasteiger partial charge in [-0.25, -0.2) is 4.98 Å². The van der Waals surface area contributed by atoms with Crippen molar-refractivity contribution >= 4 is 0 Å². The third kappa shape index (κ3) is 2.84. The highest BCUT2D eigenvalue weighted by Crippen LogP contribution is 2.24. The number of pyridine rings is 1. The molecule has 4 heteroatoms. The Morgan fingerprint density at radius 2 is 2.11 bits per heavy atom. The van der Waals surface area contributed by atoms with Crippen LogP contribution in [0.25, 0.3) is 0 Å². The number of ether oxygens (including phenoxy) is 1. The molecule has 0 amide bonds. The lowest BCUT2D eigenvalue weighted by atomic mass is 10.2. The molecule has 90 valence electrons. The van der Waals surface area contributed by atoms with Crippen LogP contribution < -0.4 is 10.1 Å². The van der Waals surface area contributed by atoms with Gasteiger partial charge in [-0.3, -0.25) is 0 Å². The first-order valence-electron chi connectivity index (χ1n) is 5.60. The van der Waals surface area contributed by atoms with Crippen molar-refractivity contribution in [2.45, 2.75) is 6.54 Å². The number of para-hydroxylation sites is 1. The summed E-state index contributed by atoms with van der Waals surface area (Å²) in [5.74, 6) is 1.41. The fraction of sp³-hybridized carbons (Fsp3) is 0.143. The number of nitriles is 1. The summed E-state index contributed by atoms with van der Waals surface area (Å²) in [7, 11) is 1.89. The summed E-state index contributed by atoms with van der Waals surface area (Å²) >= 11 is 0. The van der Waals surface area contributed by atoms with E-state index in [2.05, 4.69) is 10.3 Å². The van der Waals surface area contributed by atoms with E-state index in [0.717, 1.165) is 17.9 Å². The minimum Gasteiger partial charge on any atom is -0.455 e. The van der Waals surface area contributed by atoms with E-state index in [-0.39, 0.29) is 0 Å². The molecule has 0 aliphatic heterocycles. The van der Waals surface area contributed by atoms with Crippen molar-refractivity contribution in [2.24, 2.45) is 0 Å². The Morgan fingerprint density at radius 3 is 2.78 bits per heavy atom. The van der Waals surface area contributed by atoms with Crippen LogP contribution >= 0.6 is 0 Å². The Hall–Kier alpha value is -2.38. The molecule has 0 aliphatic rings. The van der Waals surface area contributed by atoms with E-state index in [1.807, 2.05) is 37.4 Å². The maximum Gasteiger partial charge on any atom is 0.145 e. The van der Waals surface area contributed by atoms with Crippen molar-refractivity contribution in [1.29, 1.82) is 5.26 Å². The van der Waals surface area contributed by atoms with Crippen molar-refractivity contribution in [3.63, 3.8) is 0 Å². The predicted octanol–water partition coefficient (Wildman–Crippen LogP) is 2.46. The predicted molar refractivity (Wildman–Crippen MR) is 68.2 cm³/mol. The van der Waals surface area contributed by atoms with Gasteiger partial charge in [0.1, 0.15) is 23.3 Å². The zero-order valence-electron chi connectivity index (χ0n) is 10.1. The van der Waals surface area contributed by atoms with Crippen LogP contribution in [-0.2, 0) is 6.54 Å². The molecule has 1 heterocycles. The highest BCUT2D eigenvalue weighted by atomic mass is 16.5. The van der Waals surface area contributed by atoms with Crippen LogP contribution in [0.3, 0.4) is 0 Å². The normalized spacial score (nSPS) is 9.78. The Labute approximate surface area is 106 Å². The third-order valence-electron chi connectivity index (χ3n) is 2.42. The lowest BCUT2D eigenvalue weighted by molar-refractivity contribution is 0.472. The van der Waals surface area contributed by atoms with E-state index < -0.39 is 0 Å². The molecule has 0 bridgehead atoms. The molecule has 1 N–H and O–H groups in total. The fourth-order valence-electron chi connectivity index (χ4n) is 1.57. The molecule has 2 aromatic rings. The second kappa shape index (κ2) is 5.80. The molecule has 1 aromatic carbocycles. The number of hydrogen-bond donors (Lipinski definition) is 1. The number of rotatable bonds is 4. The smallest absolute Gasteiger partial charge is 0.145 e. The Kier molecular flexibility index (Phi) is 3.90. The van der Waals surface area contributed by atoms with E-state index in [4.69, 9.17) is 10.00 Å². The van der Waals surface area contributed by atoms with Gasteiger partial charge < -0.3 is 10.1 Å². The van der Waals surface area contributed by atoms with Crippen LogP contribution in [0.1, 0.15) is 11.3 Å². The molecule has 0 aliphatic carbocycles. The second-order valence-electron chi connectivity index (χ2n) is 3.73. The van der Waals surface area contributed by atoms with E-state index in [0.29, 0.717) is 11.4 Å². The van der Waals surface area contributed by atoms with Crippen molar-refractivity contribution in [2.75, 3.05) is 7.05 Å².